The van der Waals surface area contributed by atoms with Gasteiger partial charge in [-0.05, 0) is 62.2 Å². The van der Waals surface area contributed by atoms with Gasteiger partial charge in [-0.25, -0.2) is 4.98 Å². The predicted molar refractivity (Wildman–Crippen MR) is 136 cm³/mol. The molecule has 0 saturated carbocycles. The monoisotopic (exact) mass is 446 g/mol. The third kappa shape index (κ3) is 6.57. The van der Waals surface area contributed by atoms with Crippen molar-refractivity contribution in [3.8, 4) is 11.6 Å². The summed E-state index contributed by atoms with van der Waals surface area (Å²) in [6.45, 7) is 13.8. The van der Waals surface area contributed by atoms with Crippen molar-refractivity contribution in [3.63, 3.8) is 0 Å². The number of aromatic nitrogens is 1. The number of ether oxygens (including phenoxy) is 1. The fourth-order valence-corrected chi connectivity index (χ4v) is 3.59. The zero-order valence-corrected chi connectivity index (χ0v) is 19.9. The number of hydrogen-bond acceptors (Lipinski definition) is 6. The van der Waals surface area contributed by atoms with Crippen LogP contribution in [0.2, 0.25) is 0 Å². The SMILES string of the molecule is C=C(/C=C(/C)NCCC)Nc1cc(Oc2ccc(C(O)NCC)c(C)c2)nc2ccccc12. The number of aliphatic hydroxyl groups is 1. The summed E-state index contributed by atoms with van der Waals surface area (Å²) in [7, 11) is 0. The Morgan fingerprint density at radius 3 is 2.70 bits per heavy atom. The number of para-hydroxylation sites is 1. The summed E-state index contributed by atoms with van der Waals surface area (Å²) >= 11 is 0. The second kappa shape index (κ2) is 11.5. The fourth-order valence-electron chi connectivity index (χ4n) is 3.59. The number of nitrogens with one attached hydrogen (secondary N) is 3. The molecular formula is C27H34N4O2. The molecule has 0 aliphatic carbocycles. The van der Waals surface area contributed by atoms with Gasteiger partial charge in [0.2, 0.25) is 5.88 Å². The number of aliphatic hydroxyl groups excluding tert-OH is 1. The molecule has 33 heavy (non-hydrogen) atoms. The van der Waals surface area contributed by atoms with Crippen LogP contribution in [0.15, 0.2) is 72.6 Å². The van der Waals surface area contributed by atoms with Crippen LogP contribution in [0.4, 0.5) is 5.69 Å². The van der Waals surface area contributed by atoms with E-state index in [9.17, 15) is 5.11 Å². The Bertz CT molecular complexity index is 1140. The summed E-state index contributed by atoms with van der Waals surface area (Å²) in [6.07, 6.45) is 2.35. The van der Waals surface area contributed by atoms with Crippen LogP contribution in [-0.4, -0.2) is 23.2 Å². The lowest BCUT2D eigenvalue weighted by molar-refractivity contribution is 0.141. The van der Waals surface area contributed by atoms with Crippen LogP contribution in [0.1, 0.15) is 44.5 Å². The summed E-state index contributed by atoms with van der Waals surface area (Å²) in [5.41, 5.74) is 5.29. The lowest BCUT2D eigenvalue weighted by Gasteiger charge is -2.16. The minimum absolute atomic E-state index is 0.480. The Kier molecular flexibility index (Phi) is 8.46. The van der Waals surface area contributed by atoms with Gasteiger partial charge in [-0.2, -0.15) is 0 Å². The van der Waals surface area contributed by atoms with E-state index in [0.717, 1.165) is 52.1 Å². The smallest absolute Gasteiger partial charge is 0.221 e. The second-order valence-electron chi connectivity index (χ2n) is 8.01. The maximum absolute atomic E-state index is 10.2. The van der Waals surface area contributed by atoms with Crippen molar-refractivity contribution in [2.24, 2.45) is 0 Å². The Morgan fingerprint density at radius 1 is 1.18 bits per heavy atom. The molecule has 0 bridgehead atoms. The van der Waals surface area contributed by atoms with Gasteiger partial charge in [0, 0.05) is 29.4 Å². The fraction of sp³-hybridized carbons (Fsp3) is 0.296. The molecular weight excluding hydrogens is 412 g/mol. The van der Waals surface area contributed by atoms with E-state index in [1.165, 1.54) is 0 Å². The molecule has 6 nitrogen and oxygen atoms in total. The van der Waals surface area contributed by atoms with Crippen molar-refractivity contribution in [3.05, 3.63) is 83.7 Å². The third-order valence-electron chi connectivity index (χ3n) is 5.19. The summed E-state index contributed by atoms with van der Waals surface area (Å²) in [4.78, 5) is 4.68. The zero-order valence-electron chi connectivity index (χ0n) is 19.9. The highest BCUT2D eigenvalue weighted by Gasteiger charge is 2.12. The van der Waals surface area contributed by atoms with Gasteiger partial charge in [-0.1, -0.05) is 44.7 Å². The first-order chi connectivity index (χ1) is 15.9. The van der Waals surface area contributed by atoms with E-state index in [2.05, 4.69) is 34.4 Å². The summed E-state index contributed by atoms with van der Waals surface area (Å²) in [5.74, 6) is 1.14. The van der Waals surface area contributed by atoms with Gasteiger partial charge in [-0.15, -0.1) is 0 Å². The van der Waals surface area contributed by atoms with E-state index in [0.29, 0.717) is 18.2 Å². The molecule has 174 valence electrons. The van der Waals surface area contributed by atoms with Gasteiger partial charge >= 0.3 is 0 Å². The van der Waals surface area contributed by atoms with Crippen LogP contribution in [-0.2, 0) is 0 Å². The molecule has 4 N–H and O–H groups in total. The number of nitrogens with zero attached hydrogens (tertiary/aromatic N) is 1. The number of allylic oxidation sites excluding steroid dienone is 2. The predicted octanol–water partition coefficient (Wildman–Crippen LogP) is 5.76. The van der Waals surface area contributed by atoms with Crippen molar-refractivity contribution in [1.82, 2.24) is 15.6 Å². The number of anilines is 1. The number of benzene rings is 2. The maximum Gasteiger partial charge on any atom is 0.221 e. The molecule has 0 aliphatic rings. The van der Waals surface area contributed by atoms with Gasteiger partial charge in [0.1, 0.15) is 12.0 Å². The van der Waals surface area contributed by atoms with E-state index in [1.807, 2.05) is 75.4 Å². The lowest BCUT2D eigenvalue weighted by atomic mass is 10.1. The van der Waals surface area contributed by atoms with E-state index in [4.69, 9.17) is 4.74 Å². The highest BCUT2D eigenvalue weighted by atomic mass is 16.5. The van der Waals surface area contributed by atoms with Crippen molar-refractivity contribution in [1.29, 1.82) is 0 Å². The Labute approximate surface area is 196 Å². The van der Waals surface area contributed by atoms with Gasteiger partial charge in [-0.3, -0.25) is 5.32 Å². The van der Waals surface area contributed by atoms with Crippen LogP contribution >= 0.6 is 0 Å². The molecule has 0 radical (unpaired) electrons. The van der Waals surface area contributed by atoms with Crippen LogP contribution < -0.4 is 20.7 Å². The van der Waals surface area contributed by atoms with Crippen LogP contribution in [0, 0.1) is 6.92 Å². The number of aryl methyl sites for hydroxylation is 1. The first-order valence-electron chi connectivity index (χ1n) is 11.4. The molecule has 0 saturated heterocycles. The maximum atomic E-state index is 10.2. The topological polar surface area (TPSA) is 78.4 Å². The number of fused-ring (bicyclic) bond motifs is 1. The van der Waals surface area contributed by atoms with Gasteiger partial charge in [0.05, 0.1) is 11.2 Å². The van der Waals surface area contributed by atoms with Crippen LogP contribution in [0.5, 0.6) is 11.6 Å². The van der Waals surface area contributed by atoms with E-state index < -0.39 is 6.23 Å². The molecule has 0 aliphatic heterocycles. The molecule has 1 unspecified atom stereocenters. The van der Waals surface area contributed by atoms with Crippen molar-refractivity contribution < 1.29 is 9.84 Å². The first kappa shape index (κ1) is 24.3. The van der Waals surface area contributed by atoms with Crippen LogP contribution in [0.3, 0.4) is 0 Å². The summed E-state index contributed by atoms with van der Waals surface area (Å²) < 4.78 is 6.11. The van der Waals surface area contributed by atoms with E-state index >= 15 is 0 Å². The van der Waals surface area contributed by atoms with E-state index in [-0.39, 0.29) is 0 Å². The third-order valence-corrected chi connectivity index (χ3v) is 5.19. The van der Waals surface area contributed by atoms with Crippen molar-refractivity contribution >= 4 is 16.6 Å². The summed E-state index contributed by atoms with van der Waals surface area (Å²) in [5, 5.41) is 21.0. The van der Waals surface area contributed by atoms with Crippen molar-refractivity contribution in [2.45, 2.75) is 40.3 Å². The zero-order chi connectivity index (χ0) is 23.8. The minimum Gasteiger partial charge on any atom is -0.439 e. The largest absolute Gasteiger partial charge is 0.439 e. The molecule has 1 atom stereocenters. The van der Waals surface area contributed by atoms with Gasteiger partial charge in [0.25, 0.3) is 0 Å². The molecule has 3 aromatic rings. The highest BCUT2D eigenvalue weighted by molar-refractivity contribution is 5.92. The molecule has 2 aromatic carbocycles. The average Bonchev–Trinajstić information content (AvgIpc) is 2.78. The molecule has 3 rings (SSSR count). The Morgan fingerprint density at radius 2 is 1.97 bits per heavy atom. The first-order valence-corrected chi connectivity index (χ1v) is 11.4. The molecule has 0 fully saturated rings. The number of hydrogen-bond donors (Lipinski definition) is 4. The Balaban J connectivity index is 1.86. The van der Waals surface area contributed by atoms with Gasteiger partial charge in [0.15, 0.2) is 0 Å². The molecule has 0 amide bonds. The lowest BCUT2D eigenvalue weighted by Crippen LogP contribution is -2.20. The summed E-state index contributed by atoms with van der Waals surface area (Å²) in [6, 6.07) is 15.4. The normalized spacial score (nSPS) is 12.5. The second-order valence-corrected chi connectivity index (χ2v) is 8.01. The van der Waals surface area contributed by atoms with Crippen LogP contribution in [0.25, 0.3) is 10.9 Å². The highest BCUT2D eigenvalue weighted by Crippen LogP contribution is 2.31. The Hall–Kier alpha value is -3.35. The van der Waals surface area contributed by atoms with Gasteiger partial charge < -0.3 is 20.5 Å². The quantitative estimate of drug-likeness (QED) is 0.221. The molecule has 6 heteroatoms. The minimum atomic E-state index is -0.701. The van der Waals surface area contributed by atoms with Crippen molar-refractivity contribution in [2.75, 3.05) is 18.4 Å². The standard InChI is InChI=1S/C27H34N4O2/c1-6-14-29-19(4)16-20(5)30-25-17-26(31-24-11-9-8-10-23(24)25)33-21-12-13-22(18(3)15-21)27(32)28-7-2/h8-13,15-17,27-29,32H,5-7,14H2,1-4H3,(H,30,31)/b19-16-. The average molecular weight is 447 g/mol. The molecule has 1 aromatic heterocycles. The molecule has 1 heterocycles. The van der Waals surface area contributed by atoms with E-state index in [1.54, 1.807) is 0 Å². The number of rotatable bonds is 11. The number of pyridine rings is 1. The molecule has 0 spiro atoms.